The van der Waals surface area contributed by atoms with Gasteiger partial charge in [-0.2, -0.15) is 0 Å². The summed E-state index contributed by atoms with van der Waals surface area (Å²) < 4.78 is 0. The zero-order valence-electron chi connectivity index (χ0n) is 12.4. The summed E-state index contributed by atoms with van der Waals surface area (Å²) in [5.74, 6) is 5.40. The summed E-state index contributed by atoms with van der Waals surface area (Å²) in [7, 11) is 0. The first-order valence-electron chi connectivity index (χ1n) is 8.70. The molecule has 0 amide bonds. The molecule has 4 fully saturated rings. The van der Waals surface area contributed by atoms with Gasteiger partial charge in [0.05, 0.1) is 0 Å². The summed E-state index contributed by atoms with van der Waals surface area (Å²) in [5, 5.41) is 0. The van der Waals surface area contributed by atoms with Crippen LogP contribution in [0.3, 0.4) is 0 Å². The van der Waals surface area contributed by atoms with Crippen LogP contribution in [0.4, 0.5) is 0 Å². The Hall–Kier alpha value is -0.330. The van der Waals surface area contributed by atoms with Crippen molar-refractivity contribution in [1.29, 1.82) is 0 Å². The lowest BCUT2D eigenvalue weighted by molar-refractivity contribution is -0.134. The van der Waals surface area contributed by atoms with Crippen molar-refractivity contribution in [3.05, 3.63) is 0 Å². The molecule has 4 aliphatic carbocycles. The van der Waals surface area contributed by atoms with Gasteiger partial charge in [0.1, 0.15) is 5.78 Å². The van der Waals surface area contributed by atoms with Crippen LogP contribution in [0.2, 0.25) is 0 Å². The molecule has 6 atom stereocenters. The highest BCUT2D eigenvalue weighted by atomic mass is 16.1. The van der Waals surface area contributed by atoms with Crippen molar-refractivity contribution in [1.82, 2.24) is 0 Å². The zero-order valence-corrected chi connectivity index (χ0v) is 12.4. The molecular weight excluding hydrogens is 232 g/mol. The maximum absolute atomic E-state index is 11.8. The van der Waals surface area contributed by atoms with Crippen molar-refractivity contribution in [2.24, 2.45) is 35.0 Å². The summed E-state index contributed by atoms with van der Waals surface area (Å²) in [6, 6.07) is 0. The molecule has 0 saturated heterocycles. The highest BCUT2D eigenvalue weighted by Crippen LogP contribution is 2.62. The molecule has 1 heteroatoms. The predicted octanol–water partition coefficient (Wildman–Crippen LogP) is 4.60. The van der Waals surface area contributed by atoms with E-state index in [-0.39, 0.29) is 0 Å². The smallest absolute Gasteiger partial charge is 0.133 e. The standard InChI is InChI=1S/C18H28O/c1-18-10-9-14(19)11-13(18)6-7-16-15-4-2-3-12(15)5-8-17(16)18/h12-13,15-17H,2-11H2,1H3/t12?,13-,15+,16?,17-,18-/m0/s1. The van der Waals surface area contributed by atoms with Crippen molar-refractivity contribution in [2.75, 3.05) is 0 Å². The molecule has 0 aromatic rings. The lowest BCUT2D eigenvalue weighted by Gasteiger charge is -2.57. The van der Waals surface area contributed by atoms with Gasteiger partial charge in [0.25, 0.3) is 0 Å². The average Bonchev–Trinajstić information content (AvgIpc) is 2.88. The molecule has 0 heterocycles. The first-order chi connectivity index (χ1) is 9.18. The minimum atomic E-state index is 0.518. The maximum atomic E-state index is 11.8. The van der Waals surface area contributed by atoms with Crippen LogP contribution >= 0.6 is 0 Å². The minimum absolute atomic E-state index is 0.518. The van der Waals surface area contributed by atoms with Gasteiger partial charge >= 0.3 is 0 Å². The van der Waals surface area contributed by atoms with E-state index in [9.17, 15) is 4.79 Å². The number of carbonyl (C=O) groups is 1. The summed E-state index contributed by atoms with van der Waals surface area (Å²) >= 11 is 0. The number of Topliss-reactive ketones (excluding diaryl/α,β-unsaturated/α-hetero) is 1. The number of carbonyl (C=O) groups excluding carboxylic acids is 1. The predicted molar refractivity (Wildman–Crippen MR) is 76.7 cm³/mol. The van der Waals surface area contributed by atoms with E-state index in [1.807, 2.05) is 0 Å². The van der Waals surface area contributed by atoms with Crippen molar-refractivity contribution in [3.8, 4) is 0 Å². The van der Waals surface area contributed by atoms with Gasteiger partial charge in [0.15, 0.2) is 0 Å². The molecule has 4 aliphatic rings. The zero-order chi connectivity index (χ0) is 13.0. The van der Waals surface area contributed by atoms with Crippen molar-refractivity contribution >= 4 is 5.78 Å². The van der Waals surface area contributed by atoms with Crippen LogP contribution in [-0.4, -0.2) is 5.78 Å². The second kappa shape index (κ2) is 4.33. The molecule has 4 saturated carbocycles. The summed E-state index contributed by atoms with van der Waals surface area (Å²) in [5.41, 5.74) is 0.518. The number of ketones is 1. The van der Waals surface area contributed by atoms with Crippen LogP contribution in [0, 0.1) is 35.0 Å². The summed E-state index contributed by atoms with van der Waals surface area (Å²) in [6.45, 7) is 2.55. The third-order valence-electron chi connectivity index (χ3n) is 7.68. The number of hydrogen-bond acceptors (Lipinski definition) is 1. The topological polar surface area (TPSA) is 17.1 Å². The lowest BCUT2D eigenvalue weighted by atomic mass is 9.47. The molecule has 106 valence electrons. The molecular formula is C18H28O. The average molecular weight is 260 g/mol. The Balaban J connectivity index is 1.62. The lowest BCUT2D eigenvalue weighted by Crippen LogP contribution is -2.51. The summed E-state index contributed by atoms with van der Waals surface area (Å²) in [6.07, 6.45) is 13.3. The Kier molecular flexibility index (Phi) is 2.83. The van der Waals surface area contributed by atoms with E-state index in [2.05, 4.69) is 6.92 Å². The van der Waals surface area contributed by atoms with Crippen LogP contribution < -0.4 is 0 Å². The van der Waals surface area contributed by atoms with E-state index >= 15 is 0 Å². The number of fused-ring (bicyclic) bond motifs is 5. The van der Waals surface area contributed by atoms with Crippen molar-refractivity contribution < 1.29 is 4.79 Å². The van der Waals surface area contributed by atoms with E-state index in [1.54, 1.807) is 0 Å². The normalized spacial score (nSPS) is 53.3. The largest absolute Gasteiger partial charge is 0.300 e. The number of hydrogen-bond donors (Lipinski definition) is 0. The third kappa shape index (κ3) is 1.76. The molecule has 0 spiro atoms. The Labute approximate surface area is 117 Å². The van der Waals surface area contributed by atoms with E-state index in [0.29, 0.717) is 11.2 Å². The molecule has 0 aliphatic heterocycles. The van der Waals surface area contributed by atoms with E-state index in [1.165, 1.54) is 51.4 Å². The minimum Gasteiger partial charge on any atom is -0.300 e. The van der Waals surface area contributed by atoms with Crippen LogP contribution in [0.25, 0.3) is 0 Å². The Morgan fingerprint density at radius 3 is 2.79 bits per heavy atom. The van der Waals surface area contributed by atoms with Gasteiger partial charge in [-0.1, -0.05) is 19.8 Å². The van der Waals surface area contributed by atoms with E-state index in [4.69, 9.17) is 0 Å². The molecule has 1 nitrogen and oxygen atoms in total. The molecule has 0 bridgehead atoms. The second-order valence-corrected chi connectivity index (χ2v) is 8.23. The van der Waals surface area contributed by atoms with Gasteiger partial charge in [-0.3, -0.25) is 4.79 Å². The number of rotatable bonds is 0. The molecule has 2 unspecified atom stereocenters. The molecule has 19 heavy (non-hydrogen) atoms. The molecule has 0 radical (unpaired) electrons. The van der Waals surface area contributed by atoms with Crippen LogP contribution in [-0.2, 0) is 4.79 Å². The van der Waals surface area contributed by atoms with Crippen LogP contribution in [0.1, 0.15) is 71.1 Å². The fraction of sp³-hybridized carbons (Fsp3) is 0.944. The fourth-order valence-electron chi connectivity index (χ4n) is 6.66. The fourth-order valence-corrected chi connectivity index (χ4v) is 6.66. The molecule has 0 aromatic carbocycles. The van der Waals surface area contributed by atoms with E-state index < -0.39 is 0 Å². The van der Waals surface area contributed by atoms with Crippen LogP contribution in [0.5, 0.6) is 0 Å². The SMILES string of the molecule is C[C@]12CCC(=O)C[C@@H]1CCC1[C@@H]3CCCC3CC[C@@H]12. The van der Waals surface area contributed by atoms with Crippen molar-refractivity contribution in [3.63, 3.8) is 0 Å². The van der Waals surface area contributed by atoms with Crippen LogP contribution in [0.15, 0.2) is 0 Å². The van der Waals surface area contributed by atoms with Gasteiger partial charge in [0, 0.05) is 12.8 Å². The quantitative estimate of drug-likeness (QED) is 0.622. The van der Waals surface area contributed by atoms with Gasteiger partial charge in [0.2, 0.25) is 0 Å². The molecule has 4 rings (SSSR count). The highest BCUT2D eigenvalue weighted by molar-refractivity contribution is 5.79. The van der Waals surface area contributed by atoms with Gasteiger partial charge in [-0.25, -0.2) is 0 Å². The van der Waals surface area contributed by atoms with Gasteiger partial charge in [-0.05, 0) is 73.5 Å². The first kappa shape index (κ1) is 12.4. The highest BCUT2D eigenvalue weighted by Gasteiger charge is 2.54. The second-order valence-electron chi connectivity index (χ2n) is 8.23. The van der Waals surface area contributed by atoms with Gasteiger partial charge < -0.3 is 0 Å². The molecule has 0 N–H and O–H groups in total. The molecule has 0 aromatic heterocycles. The van der Waals surface area contributed by atoms with Gasteiger partial charge in [-0.15, -0.1) is 0 Å². The Morgan fingerprint density at radius 2 is 1.89 bits per heavy atom. The Bertz CT molecular complexity index is 387. The van der Waals surface area contributed by atoms with E-state index in [0.717, 1.165) is 42.4 Å². The third-order valence-corrected chi connectivity index (χ3v) is 7.68. The monoisotopic (exact) mass is 260 g/mol. The van der Waals surface area contributed by atoms with Crippen molar-refractivity contribution in [2.45, 2.75) is 71.1 Å². The first-order valence-corrected chi connectivity index (χ1v) is 8.70. The summed E-state index contributed by atoms with van der Waals surface area (Å²) in [4.78, 5) is 11.8. The Morgan fingerprint density at radius 1 is 1.00 bits per heavy atom. The maximum Gasteiger partial charge on any atom is 0.133 e.